The highest BCUT2D eigenvalue weighted by Gasteiger charge is 2.35. The van der Waals surface area contributed by atoms with E-state index < -0.39 is 12.2 Å². The molecule has 3 nitrogen and oxygen atoms in total. The third-order valence-corrected chi connectivity index (χ3v) is 4.93. The third-order valence-electron chi connectivity index (χ3n) is 3.74. The van der Waals surface area contributed by atoms with Crippen LogP contribution < -0.4 is 0 Å². The second-order valence-electron chi connectivity index (χ2n) is 5.46. The van der Waals surface area contributed by atoms with Gasteiger partial charge in [0.1, 0.15) is 0 Å². The number of alkyl halides is 1. The number of likely N-dealkylation sites (tertiary alicyclic amines) is 1. The maximum Gasteiger partial charge on any atom is 0.0938 e. The molecule has 1 heterocycles. The molecular weight excluding hydrogens is 282 g/mol. The van der Waals surface area contributed by atoms with Gasteiger partial charge in [-0.2, -0.15) is 0 Å². The van der Waals surface area contributed by atoms with E-state index in [4.69, 9.17) is 0 Å². The van der Waals surface area contributed by atoms with Crippen molar-refractivity contribution in [2.45, 2.75) is 51.7 Å². The Labute approximate surface area is 113 Å². The van der Waals surface area contributed by atoms with Gasteiger partial charge in [-0.3, -0.25) is 4.90 Å². The van der Waals surface area contributed by atoms with Crippen molar-refractivity contribution in [2.24, 2.45) is 5.41 Å². The summed E-state index contributed by atoms with van der Waals surface area (Å²) >= 11 is 3.66. The molecule has 0 spiro atoms. The van der Waals surface area contributed by atoms with Gasteiger partial charge in [-0.05, 0) is 18.3 Å². The molecule has 0 aromatic rings. The topological polar surface area (TPSA) is 43.7 Å². The van der Waals surface area contributed by atoms with E-state index in [0.29, 0.717) is 18.5 Å². The van der Waals surface area contributed by atoms with Crippen LogP contribution in [0.1, 0.15) is 39.5 Å². The van der Waals surface area contributed by atoms with Crippen LogP contribution in [0.15, 0.2) is 0 Å². The molecule has 102 valence electrons. The average Bonchev–Trinajstić information content (AvgIpc) is 2.58. The van der Waals surface area contributed by atoms with E-state index in [2.05, 4.69) is 34.7 Å². The number of nitrogens with zero attached hydrogens (tertiary/aromatic N) is 1. The summed E-state index contributed by atoms with van der Waals surface area (Å²) in [6, 6.07) is 0. The van der Waals surface area contributed by atoms with E-state index in [1.54, 1.807) is 0 Å². The van der Waals surface area contributed by atoms with Crippen molar-refractivity contribution in [2.75, 3.05) is 25.0 Å². The molecule has 2 unspecified atom stereocenters. The first-order valence-corrected chi connectivity index (χ1v) is 7.83. The van der Waals surface area contributed by atoms with Crippen molar-refractivity contribution in [3.8, 4) is 0 Å². The Morgan fingerprint density at radius 2 is 1.59 bits per heavy atom. The van der Waals surface area contributed by atoms with Gasteiger partial charge in [0.05, 0.1) is 12.2 Å². The van der Waals surface area contributed by atoms with E-state index >= 15 is 0 Å². The normalized spacial score (nSPS) is 26.6. The zero-order valence-corrected chi connectivity index (χ0v) is 12.6. The van der Waals surface area contributed by atoms with Crippen LogP contribution in [-0.4, -0.2) is 52.3 Å². The Morgan fingerprint density at radius 1 is 1.12 bits per heavy atom. The van der Waals surface area contributed by atoms with Gasteiger partial charge < -0.3 is 10.2 Å². The Balaban J connectivity index is 2.59. The second kappa shape index (κ2) is 7.07. The number of hydrogen-bond donors (Lipinski definition) is 2. The summed E-state index contributed by atoms with van der Waals surface area (Å²) in [5.74, 6) is 0. The van der Waals surface area contributed by atoms with Gasteiger partial charge >= 0.3 is 0 Å². The zero-order valence-electron chi connectivity index (χ0n) is 11.0. The van der Waals surface area contributed by atoms with Gasteiger partial charge in [0.25, 0.3) is 0 Å². The highest BCUT2D eigenvalue weighted by Crippen LogP contribution is 2.34. The minimum Gasteiger partial charge on any atom is -0.389 e. The lowest BCUT2D eigenvalue weighted by atomic mass is 9.81. The van der Waals surface area contributed by atoms with Crippen LogP contribution in [0, 0.1) is 5.41 Å². The van der Waals surface area contributed by atoms with E-state index in [-0.39, 0.29) is 0 Å². The van der Waals surface area contributed by atoms with Crippen LogP contribution in [0.5, 0.6) is 0 Å². The lowest BCUT2D eigenvalue weighted by molar-refractivity contribution is 0.0572. The van der Waals surface area contributed by atoms with Crippen LogP contribution in [0.4, 0.5) is 0 Å². The molecular formula is C13H26BrNO2. The highest BCUT2D eigenvalue weighted by atomic mass is 79.9. The number of rotatable bonds is 7. The first kappa shape index (κ1) is 15.4. The Hall–Kier alpha value is 0.360. The number of aliphatic hydroxyl groups excluding tert-OH is 2. The molecule has 1 fully saturated rings. The van der Waals surface area contributed by atoms with Gasteiger partial charge in [-0.15, -0.1) is 0 Å². The van der Waals surface area contributed by atoms with Gasteiger partial charge in [0, 0.05) is 25.0 Å². The van der Waals surface area contributed by atoms with Gasteiger partial charge in [-0.1, -0.05) is 42.6 Å². The fraction of sp³-hybridized carbons (Fsp3) is 1.00. The molecule has 1 aliphatic heterocycles. The first-order chi connectivity index (χ1) is 8.06. The molecule has 17 heavy (non-hydrogen) atoms. The molecule has 1 rings (SSSR count). The van der Waals surface area contributed by atoms with E-state index in [9.17, 15) is 10.2 Å². The largest absolute Gasteiger partial charge is 0.389 e. The number of aliphatic hydroxyl groups is 2. The summed E-state index contributed by atoms with van der Waals surface area (Å²) in [6.07, 6.45) is 3.65. The minimum atomic E-state index is -0.564. The molecule has 2 atom stereocenters. The number of β-amino-alcohol motifs (C(OH)–C–C–N with tert-alkyl or cyclic N) is 2. The molecule has 0 saturated carbocycles. The standard InChI is InChI=1S/C13H26BrNO2/c1-3-5-13(9-14,6-4-2)10-15-7-11(16)12(17)8-15/h11-12,16-17H,3-10H2,1-2H3. The molecule has 1 saturated heterocycles. The molecule has 0 aromatic carbocycles. The quantitative estimate of drug-likeness (QED) is 0.707. The molecule has 4 heteroatoms. The van der Waals surface area contributed by atoms with Crippen molar-refractivity contribution < 1.29 is 10.2 Å². The zero-order chi connectivity index (χ0) is 12.9. The fourth-order valence-corrected chi connectivity index (χ4v) is 3.71. The molecule has 0 aromatic heterocycles. The summed E-state index contributed by atoms with van der Waals surface area (Å²) in [6.45, 7) is 6.65. The Kier molecular flexibility index (Phi) is 6.41. The maximum absolute atomic E-state index is 9.59. The van der Waals surface area contributed by atoms with E-state index in [0.717, 1.165) is 11.9 Å². The van der Waals surface area contributed by atoms with Crippen LogP contribution in [0.2, 0.25) is 0 Å². The average molecular weight is 308 g/mol. The lowest BCUT2D eigenvalue weighted by Crippen LogP contribution is -2.38. The maximum atomic E-state index is 9.59. The highest BCUT2D eigenvalue weighted by molar-refractivity contribution is 9.09. The van der Waals surface area contributed by atoms with Crippen LogP contribution in [0.3, 0.4) is 0 Å². The molecule has 0 bridgehead atoms. The Morgan fingerprint density at radius 3 is 1.94 bits per heavy atom. The monoisotopic (exact) mass is 307 g/mol. The summed E-state index contributed by atoms with van der Waals surface area (Å²) in [5, 5.41) is 20.2. The third kappa shape index (κ3) is 4.19. The van der Waals surface area contributed by atoms with Gasteiger partial charge in [-0.25, -0.2) is 0 Å². The van der Waals surface area contributed by atoms with E-state index in [1.165, 1.54) is 25.7 Å². The first-order valence-electron chi connectivity index (χ1n) is 6.71. The van der Waals surface area contributed by atoms with Crippen molar-refractivity contribution in [3.05, 3.63) is 0 Å². The number of hydrogen-bond acceptors (Lipinski definition) is 3. The lowest BCUT2D eigenvalue weighted by Gasteiger charge is -2.35. The molecule has 2 N–H and O–H groups in total. The van der Waals surface area contributed by atoms with Crippen molar-refractivity contribution in [1.29, 1.82) is 0 Å². The van der Waals surface area contributed by atoms with Crippen molar-refractivity contribution >= 4 is 15.9 Å². The van der Waals surface area contributed by atoms with Gasteiger partial charge in [0.15, 0.2) is 0 Å². The minimum absolute atomic E-state index is 0.299. The molecule has 1 aliphatic rings. The predicted molar refractivity (Wildman–Crippen MR) is 74.5 cm³/mol. The van der Waals surface area contributed by atoms with Crippen molar-refractivity contribution in [1.82, 2.24) is 4.90 Å². The van der Waals surface area contributed by atoms with Crippen LogP contribution >= 0.6 is 15.9 Å². The Bertz CT molecular complexity index is 209. The summed E-state index contributed by atoms with van der Waals surface area (Å²) in [4.78, 5) is 2.21. The smallest absolute Gasteiger partial charge is 0.0938 e. The summed E-state index contributed by atoms with van der Waals surface area (Å²) in [7, 11) is 0. The van der Waals surface area contributed by atoms with Crippen LogP contribution in [0.25, 0.3) is 0 Å². The van der Waals surface area contributed by atoms with Crippen LogP contribution in [-0.2, 0) is 0 Å². The van der Waals surface area contributed by atoms with E-state index in [1.807, 2.05) is 0 Å². The van der Waals surface area contributed by atoms with Gasteiger partial charge in [0.2, 0.25) is 0 Å². The summed E-state index contributed by atoms with van der Waals surface area (Å²) < 4.78 is 0. The number of halogens is 1. The summed E-state index contributed by atoms with van der Waals surface area (Å²) in [5.41, 5.74) is 0.299. The van der Waals surface area contributed by atoms with Crippen molar-refractivity contribution in [3.63, 3.8) is 0 Å². The molecule has 0 radical (unpaired) electrons. The molecule has 0 aliphatic carbocycles. The SMILES string of the molecule is CCCC(CBr)(CCC)CN1CC(O)C(O)C1. The molecule has 0 amide bonds. The fourth-order valence-electron chi connectivity index (χ4n) is 2.97. The second-order valence-corrected chi connectivity index (χ2v) is 6.02. The predicted octanol–water partition coefficient (Wildman–Crippen LogP) is 2.01.